The molecule has 0 unspecified atom stereocenters. The molecule has 0 spiro atoms. The summed E-state index contributed by atoms with van der Waals surface area (Å²) in [5, 5.41) is 0. The average Bonchev–Trinajstić information content (AvgIpc) is 2.47. The molecule has 1 aliphatic heterocycles. The van der Waals surface area contributed by atoms with Crippen LogP contribution in [-0.4, -0.2) is 66.2 Å². The first kappa shape index (κ1) is 16.5. The minimum Gasteiger partial charge on any atom is -0.477 e. The minimum absolute atomic E-state index is 0.204. The Morgan fingerprint density at radius 1 is 1.32 bits per heavy atom. The van der Waals surface area contributed by atoms with E-state index in [1.807, 2.05) is 0 Å². The number of hydrogen-bond donors (Lipinski definition) is 0. The summed E-state index contributed by atoms with van der Waals surface area (Å²) in [4.78, 5) is 19.3. The Bertz CT molecular complexity index is 514. The molecule has 2 rings (SSSR count). The van der Waals surface area contributed by atoms with E-state index in [4.69, 9.17) is 4.74 Å². The number of carbonyl (C=O) groups is 1. The van der Waals surface area contributed by atoms with Gasteiger partial charge in [-0.2, -0.15) is 13.2 Å². The highest BCUT2D eigenvalue weighted by atomic mass is 19.4. The molecule has 1 amide bonds. The second-order valence-corrected chi connectivity index (χ2v) is 4.97. The smallest absolute Gasteiger partial charge is 0.401 e. The average molecular weight is 317 g/mol. The maximum atomic E-state index is 12.5. The van der Waals surface area contributed by atoms with Crippen molar-refractivity contribution in [2.24, 2.45) is 0 Å². The first-order valence-electron chi connectivity index (χ1n) is 7.07. The van der Waals surface area contributed by atoms with Gasteiger partial charge in [0, 0.05) is 32.4 Å². The fraction of sp³-hybridized carbons (Fsp3) is 0.571. The van der Waals surface area contributed by atoms with Crippen molar-refractivity contribution in [1.29, 1.82) is 0 Å². The number of rotatable bonds is 4. The molecule has 0 bridgehead atoms. The van der Waals surface area contributed by atoms with Crippen molar-refractivity contribution in [1.82, 2.24) is 14.8 Å². The largest absolute Gasteiger partial charge is 0.477 e. The van der Waals surface area contributed by atoms with Crippen LogP contribution in [0.3, 0.4) is 0 Å². The van der Waals surface area contributed by atoms with Crippen LogP contribution in [0.25, 0.3) is 0 Å². The summed E-state index contributed by atoms with van der Waals surface area (Å²) in [5.74, 6) is -0.00377. The van der Waals surface area contributed by atoms with Gasteiger partial charge in [-0.15, -0.1) is 0 Å². The predicted molar refractivity (Wildman–Crippen MR) is 73.8 cm³/mol. The Labute approximate surface area is 126 Å². The predicted octanol–water partition coefficient (Wildman–Crippen LogP) is 1.80. The number of piperazine rings is 1. The maximum absolute atomic E-state index is 12.5. The minimum atomic E-state index is -4.21. The Kier molecular flexibility index (Phi) is 5.23. The first-order valence-corrected chi connectivity index (χ1v) is 7.07. The zero-order chi connectivity index (χ0) is 16.2. The summed E-state index contributed by atoms with van der Waals surface area (Å²) in [6.45, 7) is 2.16. The maximum Gasteiger partial charge on any atom is 0.401 e. The number of ether oxygens (including phenoxy) is 1. The van der Waals surface area contributed by atoms with Gasteiger partial charge in [0.25, 0.3) is 5.91 Å². The molecule has 1 aromatic rings. The molecule has 122 valence electrons. The third-order valence-electron chi connectivity index (χ3n) is 3.35. The summed E-state index contributed by atoms with van der Waals surface area (Å²) in [5.41, 5.74) is 0.341. The van der Waals surface area contributed by atoms with Gasteiger partial charge >= 0.3 is 6.18 Å². The van der Waals surface area contributed by atoms with E-state index < -0.39 is 12.7 Å². The highest BCUT2D eigenvalue weighted by Crippen LogP contribution is 2.20. The SMILES string of the molecule is CCOc1ncccc1C(=O)N1CCN(CC(F)(F)F)CC1. The second-order valence-electron chi connectivity index (χ2n) is 4.97. The number of hydrogen-bond acceptors (Lipinski definition) is 4. The molecule has 1 aliphatic rings. The van der Waals surface area contributed by atoms with Crippen LogP contribution in [0.4, 0.5) is 13.2 Å². The molecule has 2 heterocycles. The van der Waals surface area contributed by atoms with Crippen LogP contribution in [0.15, 0.2) is 18.3 Å². The van der Waals surface area contributed by atoms with E-state index in [-0.39, 0.29) is 38.0 Å². The Morgan fingerprint density at radius 3 is 2.59 bits per heavy atom. The van der Waals surface area contributed by atoms with Gasteiger partial charge in [0.1, 0.15) is 5.56 Å². The number of nitrogens with zero attached hydrogens (tertiary/aromatic N) is 3. The number of alkyl halides is 3. The molecule has 0 radical (unpaired) electrons. The topological polar surface area (TPSA) is 45.7 Å². The summed E-state index contributed by atoms with van der Waals surface area (Å²) in [6.07, 6.45) is -2.68. The second kappa shape index (κ2) is 6.95. The number of pyridine rings is 1. The van der Waals surface area contributed by atoms with Crippen molar-refractivity contribution in [3.8, 4) is 5.88 Å². The van der Waals surface area contributed by atoms with E-state index >= 15 is 0 Å². The van der Waals surface area contributed by atoms with Gasteiger partial charge in [-0.3, -0.25) is 9.69 Å². The molecule has 1 fully saturated rings. The molecule has 22 heavy (non-hydrogen) atoms. The van der Waals surface area contributed by atoms with Gasteiger partial charge in [0.2, 0.25) is 5.88 Å². The van der Waals surface area contributed by atoms with Crippen LogP contribution in [0.5, 0.6) is 5.88 Å². The fourth-order valence-electron chi connectivity index (χ4n) is 2.34. The normalized spacial score (nSPS) is 16.6. The van der Waals surface area contributed by atoms with Gasteiger partial charge in [-0.1, -0.05) is 0 Å². The summed E-state index contributed by atoms with van der Waals surface area (Å²) in [6, 6.07) is 3.25. The van der Waals surface area contributed by atoms with E-state index in [2.05, 4.69) is 4.98 Å². The molecule has 0 N–H and O–H groups in total. The van der Waals surface area contributed by atoms with Gasteiger partial charge in [-0.25, -0.2) is 4.98 Å². The van der Waals surface area contributed by atoms with Crippen molar-refractivity contribution < 1.29 is 22.7 Å². The third kappa shape index (κ3) is 4.33. The molecular weight excluding hydrogens is 299 g/mol. The van der Waals surface area contributed by atoms with Crippen LogP contribution >= 0.6 is 0 Å². The first-order chi connectivity index (χ1) is 10.4. The molecule has 1 saturated heterocycles. The van der Waals surface area contributed by atoms with Crippen molar-refractivity contribution in [3.05, 3.63) is 23.9 Å². The van der Waals surface area contributed by atoms with Gasteiger partial charge in [0.05, 0.1) is 13.2 Å². The monoisotopic (exact) mass is 317 g/mol. The van der Waals surface area contributed by atoms with Crippen LogP contribution in [0.1, 0.15) is 17.3 Å². The van der Waals surface area contributed by atoms with E-state index in [1.54, 1.807) is 19.1 Å². The molecule has 0 aromatic carbocycles. The standard InChI is InChI=1S/C14H18F3N3O2/c1-2-22-12-11(4-3-5-18-12)13(21)20-8-6-19(7-9-20)10-14(15,16)17/h3-5H,2,6-10H2,1H3. The van der Waals surface area contributed by atoms with Crippen LogP contribution in [0.2, 0.25) is 0 Å². The lowest BCUT2D eigenvalue weighted by Crippen LogP contribution is -2.51. The van der Waals surface area contributed by atoms with Gasteiger partial charge in [0.15, 0.2) is 0 Å². The molecular formula is C14H18F3N3O2. The molecule has 0 aliphatic carbocycles. The van der Waals surface area contributed by atoms with Crippen LogP contribution in [-0.2, 0) is 0 Å². The summed E-state index contributed by atoms with van der Waals surface area (Å²) < 4.78 is 42.4. The quantitative estimate of drug-likeness (QED) is 0.849. The third-order valence-corrected chi connectivity index (χ3v) is 3.35. The van der Waals surface area contributed by atoms with Gasteiger partial charge in [-0.05, 0) is 19.1 Å². The highest BCUT2D eigenvalue weighted by molar-refractivity contribution is 5.96. The molecule has 8 heteroatoms. The van der Waals surface area contributed by atoms with Crippen LogP contribution in [0, 0.1) is 0 Å². The summed E-state index contributed by atoms with van der Waals surface area (Å²) >= 11 is 0. The molecule has 1 aromatic heterocycles. The Balaban J connectivity index is 1.98. The summed E-state index contributed by atoms with van der Waals surface area (Å²) in [7, 11) is 0. The zero-order valence-corrected chi connectivity index (χ0v) is 12.3. The lowest BCUT2D eigenvalue weighted by Gasteiger charge is -2.35. The lowest BCUT2D eigenvalue weighted by atomic mass is 10.2. The van der Waals surface area contributed by atoms with E-state index in [0.717, 1.165) is 0 Å². The van der Waals surface area contributed by atoms with E-state index in [9.17, 15) is 18.0 Å². The fourth-order valence-corrected chi connectivity index (χ4v) is 2.34. The van der Waals surface area contributed by atoms with Gasteiger partial charge < -0.3 is 9.64 Å². The van der Waals surface area contributed by atoms with Crippen molar-refractivity contribution in [3.63, 3.8) is 0 Å². The Morgan fingerprint density at radius 2 is 2.00 bits per heavy atom. The number of aromatic nitrogens is 1. The lowest BCUT2D eigenvalue weighted by molar-refractivity contribution is -0.148. The number of halogens is 3. The molecule has 0 saturated carbocycles. The number of carbonyl (C=O) groups excluding carboxylic acids is 1. The molecule has 5 nitrogen and oxygen atoms in total. The molecule has 0 atom stereocenters. The number of amides is 1. The zero-order valence-electron chi connectivity index (χ0n) is 12.3. The highest BCUT2D eigenvalue weighted by Gasteiger charge is 2.33. The van der Waals surface area contributed by atoms with Crippen molar-refractivity contribution >= 4 is 5.91 Å². The van der Waals surface area contributed by atoms with E-state index in [0.29, 0.717) is 12.2 Å². The van der Waals surface area contributed by atoms with E-state index in [1.165, 1.54) is 16.0 Å². The van der Waals surface area contributed by atoms with Crippen LogP contribution < -0.4 is 4.74 Å². The Hall–Kier alpha value is -1.83. The van der Waals surface area contributed by atoms with Crippen molar-refractivity contribution in [2.45, 2.75) is 13.1 Å². The van der Waals surface area contributed by atoms with Crippen molar-refractivity contribution in [2.75, 3.05) is 39.3 Å².